The first-order chi connectivity index (χ1) is 15.4. The first-order valence-corrected chi connectivity index (χ1v) is 12.1. The molecule has 0 aliphatic carbocycles. The largest absolute Gasteiger partial charge is 0.497 e. The highest BCUT2D eigenvalue weighted by atomic mass is 32.2. The third-order valence-corrected chi connectivity index (χ3v) is 7.28. The Kier molecular flexibility index (Phi) is 6.32. The van der Waals surface area contributed by atoms with Crippen molar-refractivity contribution in [1.82, 2.24) is 9.80 Å². The van der Waals surface area contributed by atoms with E-state index in [4.69, 9.17) is 4.74 Å². The van der Waals surface area contributed by atoms with Crippen molar-refractivity contribution < 1.29 is 17.9 Å². The van der Waals surface area contributed by atoms with Gasteiger partial charge < -0.3 is 14.5 Å². The van der Waals surface area contributed by atoms with Crippen LogP contribution in [0, 0.1) is 5.92 Å². The monoisotopic (exact) mass is 453 g/mol. The van der Waals surface area contributed by atoms with E-state index in [-0.39, 0.29) is 16.7 Å². The van der Waals surface area contributed by atoms with Crippen LogP contribution < -0.4 is 4.74 Å². The van der Waals surface area contributed by atoms with Gasteiger partial charge in [0.25, 0.3) is 10.0 Å². The van der Waals surface area contributed by atoms with E-state index in [1.54, 1.807) is 31.4 Å². The number of amides is 1. The van der Waals surface area contributed by atoms with Gasteiger partial charge in [-0.15, -0.1) is 11.0 Å². The van der Waals surface area contributed by atoms with Gasteiger partial charge in [0, 0.05) is 37.7 Å². The Bertz CT molecular complexity index is 1130. The van der Waals surface area contributed by atoms with Crippen molar-refractivity contribution in [2.45, 2.75) is 24.3 Å². The number of nitrogens with zero attached hydrogens (tertiary/aromatic N) is 3. The summed E-state index contributed by atoms with van der Waals surface area (Å²) < 4.78 is 33.9. The lowest BCUT2D eigenvalue weighted by Crippen LogP contribution is -2.44. The molecule has 0 bridgehead atoms. The Morgan fingerprint density at radius 3 is 2.53 bits per heavy atom. The molecule has 0 atom stereocenters. The number of hydrogen-bond acceptors (Lipinski definition) is 5. The highest BCUT2D eigenvalue weighted by Gasteiger charge is 2.35. The van der Waals surface area contributed by atoms with Crippen molar-refractivity contribution in [2.75, 3.05) is 26.7 Å². The van der Waals surface area contributed by atoms with Gasteiger partial charge in [-0.25, -0.2) is 0 Å². The molecule has 1 saturated heterocycles. The van der Waals surface area contributed by atoms with Gasteiger partial charge in [0.1, 0.15) is 10.6 Å². The normalized spacial score (nSPS) is 17.4. The van der Waals surface area contributed by atoms with Crippen LogP contribution in [0.15, 0.2) is 70.5 Å². The minimum Gasteiger partial charge on any atom is -0.497 e. The van der Waals surface area contributed by atoms with Gasteiger partial charge >= 0.3 is 0 Å². The lowest BCUT2D eigenvalue weighted by molar-refractivity contribution is -0.136. The van der Waals surface area contributed by atoms with Crippen LogP contribution in [0.25, 0.3) is 0 Å². The Balaban J connectivity index is 1.42. The molecule has 1 fully saturated rings. The van der Waals surface area contributed by atoms with E-state index in [2.05, 4.69) is 11.0 Å². The van der Waals surface area contributed by atoms with E-state index < -0.39 is 10.0 Å². The summed E-state index contributed by atoms with van der Waals surface area (Å²) >= 11 is 0. The van der Waals surface area contributed by atoms with E-state index in [9.17, 15) is 13.2 Å². The molecular formula is C24H27N3O4S. The molecule has 2 aromatic carbocycles. The average molecular weight is 454 g/mol. The number of methoxy groups -OCH3 is 1. The van der Waals surface area contributed by atoms with Gasteiger partial charge in [0.2, 0.25) is 5.91 Å². The van der Waals surface area contributed by atoms with E-state index >= 15 is 0 Å². The van der Waals surface area contributed by atoms with Gasteiger partial charge in [0.15, 0.2) is 5.84 Å². The zero-order valence-corrected chi connectivity index (χ0v) is 18.9. The number of rotatable bonds is 6. The molecule has 4 rings (SSSR count). The maximum Gasteiger partial charge on any atom is 0.285 e. The number of hydrogen-bond donors (Lipinski definition) is 0. The second-order valence-electron chi connectivity index (χ2n) is 8.00. The lowest BCUT2D eigenvalue weighted by atomic mass is 9.94. The molecule has 0 radical (unpaired) electrons. The summed E-state index contributed by atoms with van der Waals surface area (Å²) in [6, 6.07) is 14.6. The van der Waals surface area contributed by atoms with Crippen LogP contribution in [-0.2, 0) is 21.4 Å². The van der Waals surface area contributed by atoms with E-state index in [1.165, 1.54) is 0 Å². The second-order valence-corrected chi connectivity index (χ2v) is 9.58. The van der Waals surface area contributed by atoms with Crippen LogP contribution in [0.2, 0.25) is 0 Å². The molecule has 32 heavy (non-hydrogen) atoms. The van der Waals surface area contributed by atoms with Crippen LogP contribution in [0.4, 0.5) is 0 Å². The fourth-order valence-corrected chi connectivity index (χ4v) is 5.48. The fraction of sp³-hybridized carbons (Fsp3) is 0.333. The smallest absolute Gasteiger partial charge is 0.285 e. The van der Waals surface area contributed by atoms with Gasteiger partial charge in [-0.2, -0.15) is 8.42 Å². The highest BCUT2D eigenvalue weighted by molar-refractivity contribution is 7.90. The fourth-order valence-electron chi connectivity index (χ4n) is 4.25. The lowest BCUT2D eigenvalue weighted by Gasteiger charge is -2.35. The van der Waals surface area contributed by atoms with Gasteiger partial charge in [-0.3, -0.25) is 4.79 Å². The number of benzene rings is 2. The molecule has 7 nitrogen and oxygen atoms in total. The third-order valence-electron chi connectivity index (χ3n) is 5.95. The van der Waals surface area contributed by atoms with Crippen LogP contribution in [0.3, 0.4) is 0 Å². The number of amidine groups is 1. The zero-order valence-electron chi connectivity index (χ0n) is 18.1. The van der Waals surface area contributed by atoms with Gasteiger partial charge in [0.05, 0.1) is 7.11 Å². The maximum absolute atomic E-state index is 13.3. The number of sulfonamides is 1. The van der Waals surface area contributed by atoms with Crippen molar-refractivity contribution in [3.63, 3.8) is 0 Å². The topological polar surface area (TPSA) is 79.3 Å². The van der Waals surface area contributed by atoms with Crippen LogP contribution in [0.1, 0.15) is 24.0 Å². The molecule has 2 heterocycles. The molecule has 0 unspecified atom stereocenters. The molecule has 8 heteroatoms. The molecular weight excluding hydrogens is 426 g/mol. The van der Waals surface area contributed by atoms with E-state index in [1.807, 2.05) is 40.1 Å². The van der Waals surface area contributed by atoms with Gasteiger partial charge in [-0.05, 0) is 42.7 Å². The first-order valence-electron chi connectivity index (χ1n) is 10.6. The SMILES string of the molecule is C=CCN(Cc1ccc(OC)cc1)C(=O)C1CCN(C2=NS(=O)(=O)c3ccccc32)CC1. The van der Waals surface area contributed by atoms with Crippen molar-refractivity contribution in [3.8, 4) is 5.75 Å². The summed E-state index contributed by atoms with van der Waals surface area (Å²) in [7, 11) is -2.02. The van der Waals surface area contributed by atoms with Crippen molar-refractivity contribution >= 4 is 21.8 Å². The number of carbonyl (C=O) groups is 1. The minimum absolute atomic E-state index is 0.0988. The third kappa shape index (κ3) is 4.41. The number of ether oxygens (including phenoxy) is 1. The summed E-state index contributed by atoms with van der Waals surface area (Å²) in [6.07, 6.45) is 3.04. The summed E-state index contributed by atoms with van der Waals surface area (Å²) in [5.74, 6) is 1.26. The molecule has 2 aromatic rings. The summed E-state index contributed by atoms with van der Waals surface area (Å²) in [5.41, 5.74) is 1.67. The highest BCUT2D eigenvalue weighted by Crippen LogP contribution is 2.30. The van der Waals surface area contributed by atoms with E-state index in [0.717, 1.165) is 11.3 Å². The number of likely N-dealkylation sites (tertiary alicyclic amines) is 1. The Hall–Kier alpha value is -3.13. The summed E-state index contributed by atoms with van der Waals surface area (Å²) in [5, 5.41) is 0. The molecule has 0 aromatic heterocycles. The van der Waals surface area contributed by atoms with Crippen molar-refractivity contribution in [2.24, 2.45) is 10.3 Å². The molecule has 0 saturated carbocycles. The van der Waals surface area contributed by atoms with Crippen LogP contribution >= 0.6 is 0 Å². The predicted molar refractivity (Wildman–Crippen MR) is 123 cm³/mol. The number of carbonyl (C=O) groups excluding carboxylic acids is 1. The average Bonchev–Trinajstić information content (AvgIpc) is 3.10. The minimum atomic E-state index is -3.64. The Morgan fingerprint density at radius 1 is 1.19 bits per heavy atom. The molecule has 2 aliphatic heterocycles. The Labute approximate surface area is 189 Å². The molecule has 0 spiro atoms. The summed E-state index contributed by atoms with van der Waals surface area (Å²) in [6.45, 7) is 5.96. The molecule has 2 aliphatic rings. The van der Waals surface area contributed by atoms with Crippen LogP contribution in [-0.4, -0.2) is 56.7 Å². The molecule has 168 valence electrons. The quantitative estimate of drug-likeness (QED) is 0.628. The second kappa shape index (κ2) is 9.16. The van der Waals surface area contributed by atoms with Crippen molar-refractivity contribution in [3.05, 3.63) is 72.3 Å². The first kappa shape index (κ1) is 22.1. The zero-order chi connectivity index (χ0) is 22.7. The standard InChI is InChI=1S/C24H27N3O4S/c1-3-14-27(17-18-8-10-20(31-2)11-9-18)24(28)19-12-15-26(16-13-19)23-21-6-4-5-7-22(21)32(29,30)25-23/h3-11,19H,1,12-17H2,2H3. The van der Waals surface area contributed by atoms with Crippen LogP contribution in [0.5, 0.6) is 5.75 Å². The van der Waals surface area contributed by atoms with Gasteiger partial charge in [-0.1, -0.05) is 30.3 Å². The predicted octanol–water partition coefficient (Wildman–Crippen LogP) is 3.07. The number of piperidine rings is 1. The molecule has 1 amide bonds. The Morgan fingerprint density at radius 2 is 1.88 bits per heavy atom. The number of fused-ring (bicyclic) bond motifs is 1. The summed E-state index contributed by atoms with van der Waals surface area (Å²) in [4.78, 5) is 17.3. The van der Waals surface area contributed by atoms with Crippen molar-refractivity contribution in [1.29, 1.82) is 0 Å². The molecule has 0 N–H and O–H groups in total. The van der Waals surface area contributed by atoms with E-state index in [0.29, 0.717) is 50.4 Å². The maximum atomic E-state index is 13.3.